The molecule has 1 aromatic carbocycles. The van der Waals surface area contributed by atoms with Crippen molar-refractivity contribution in [3.05, 3.63) is 47.4 Å². The largest absolute Gasteiger partial charge is 0.389 e. The SMILES string of the molecule is CN(C)CCN/C=C1\C(=O)ON=C1c1cccc(F)c1. The van der Waals surface area contributed by atoms with Crippen LogP contribution < -0.4 is 5.32 Å². The fourth-order valence-electron chi connectivity index (χ4n) is 1.72. The van der Waals surface area contributed by atoms with E-state index in [0.29, 0.717) is 23.4 Å². The summed E-state index contributed by atoms with van der Waals surface area (Å²) in [5.41, 5.74) is 1.15. The number of carbonyl (C=O) groups excluding carboxylic acids is 1. The number of nitrogens with one attached hydrogen (secondary N) is 1. The fraction of sp³-hybridized carbons (Fsp3) is 0.286. The van der Waals surface area contributed by atoms with Gasteiger partial charge in [0.15, 0.2) is 0 Å². The molecule has 1 aliphatic rings. The Kier molecular flexibility index (Phi) is 4.47. The highest BCUT2D eigenvalue weighted by Crippen LogP contribution is 2.17. The van der Waals surface area contributed by atoms with Gasteiger partial charge in [0.05, 0.1) is 0 Å². The third-order valence-corrected chi connectivity index (χ3v) is 2.74. The Morgan fingerprint density at radius 2 is 2.25 bits per heavy atom. The van der Waals surface area contributed by atoms with Crippen LogP contribution >= 0.6 is 0 Å². The number of oxime groups is 1. The van der Waals surface area contributed by atoms with Crippen LogP contribution in [0.25, 0.3) is 0 Å². The molecular formula is C14H16FN3O2. The zero-order chi connectivity index (χ0) is 14.5. The van der Waals surface area contributed by atoms with Gasteiger partial charge in [0, 0.05) is 24.9 Å². The van der Waals surface area contributed by atoms with Crippen molar-refractivity contribution in [3.63, 3.8) is 0 Å². The number of rotatable bonds is 5. The van der Waals surface area contributed by atoms with E-state index in [4.69, 9.17) is 0 Å². The van der Waals surface area contributed by atoms with Gasteiger partial charge in [0.25, 0.3) is 0 Å². The summed E-state index contributed by atoms with van der Waals surface area (Å²) in [7, 11) is 3.91. The smallest absolute Gasteiger partial charge is 0.369 e. The third-order valence-electron chi connectivity index (χ3n) is 2.74. The average Bonchev–Trinajstić information content (AvgIpc) is 2.76. The first-order chi connectivity index (χ1) is 9.58. The highest BCUT2D eigenvalue weighted by Gasteiger charge is 2.26. The molecule has 6 heteroatoms. The molecule has 0 amide bonds. The van der Waals surface area contributed by atoms with Crippen LogP contribution in [0, 0.1) is 5.82 Å². The number of nitrogens with zero attached hydrogens (tertiary/aromatic N) is 2. The van der Waals surface area contributed by atoms with Crippen molar-refractivity contribution < 1.29 is 14.0 Å². The van der Waals surface area contributed by atoms with Gasteiger partial charge in [-0.3, -0.25) is 0 Å². The van der Waals surface area contributed by atoms with Crippen LogP contribution in [0.4, 0.5) is 4.39 Å². The second kappa shape index (κ2) is 6.29. The summed E-state index contributed by atoms with van der Waals surface area (Å²) < 4.78 is 13.2. The minimum atomic E-state index is -0.540. The van der Waals surface area contributed by atoms with Gasteiger partial charge < -0.3 is 15.1 Å². The summed E-state index contributed by atoms with van der Waals surface area (Å²) in [5.74, 6) is -0.925. The van der Waals surface area contributed by atoms with Gasteiger partial charge in [0.2, 0.25) is 0 Å². The molecule has 0 atom stereocenters. The summed E-state index contributed by atoms with van der Waals surface area (Å²) in [6, 6.07) is 5.89. The Morgan fingerprint density at radius 1 is 1.45 bits per heavy atom. The van der Waals surface area contributed by atoms with Crippen molar-refractivity contribution in [1.82, 2.24) is 10.2 Å². The van der Waals surface area contributed by atoms with Crippen molar-refractivity contribution >= 4 is 11.7 Å². The molecule has 0 spiro atoms. The van der Waals surface area contributed by atoms with E-state index in [-0.39, 0.29) is 5.82 Å². The standard InChI is InChI=1S/C14H16FN3O2/c1-18(2)7-6-16-9-12-13(17-20-14(12)19)10-4-3-5-11(15)8-10/h3-5,8-9,16H,6-7H2,1-2H3/b12-9-. The van der Waals surface area contributed by atoms with Gasteiger partial charge in [-0.2, -0.15) is 0 Å². The molecule has 1 heterocycles. The maximum absolute atomic E-state index is 13.2. The Hall–Kier alpha value is -2.21. The second-order valence-electron chi connectivity index (χ2n) is 4.64. The third kappa shape index (κ3) is 3.42. The van der Waals surface area contributed by atoms with E-state index in [1.165, 1.54) is 12.1 Å². The van der Waals surface area contributed by atoms with Gasteiger partial charge in [-0.1, -0.05) is 17.3 Å². The molecule has 0 aromatic heterocycles. The van der Waals surface area contributed by atoms with Gasteiger partial charge >= 0.3 is 5.97 Å². The van der Waals surface area contributed by atoms with Crippen LogP contribution in [0.15, 0.2) is 41.2 Å². The molecule has 0 unspecified atom stereocenters. The number of hydrogen-bond donors (Lipinski definition) is 1. The Bertz CT molecular complexity index is 567. The van der Waals surface area contributed by atoms with Crippen molar-refractivity contribution in [3.8, 4) is 0 Å². The van der Waals surface area contributed by atoms with E-state index >= 15 is 0 Å². The fourth-order valence-corrected chi connectivity index (χ4v) is 1.72. The van der Waals surface area contributed by atoms with E-state index in [1.807, 2.05) is 19.0 Å². The summed E-state index contributed by atoms with van der Waals surface area (Å²) in [4.78, 5) is 18.3. The second-order valence-corrected chi connectivity index (χ2v) is 4.64. The van der Waals surface area contributed by atoms with E-state index < -0.39 is 5.97 Å². The van der Waals surface area contributed by atoms with Gasteiger partial charge in [-0.15, -0.1) is 0 Å². The molecule has 1 aromatic rings. The predicted octanol–water partition coefficient (Wildman–Crippen LogP) is 1.12. The van der Waals surface area contributed by atoms with Crippen LogP contribution in [-0.2, 0) is 9.63 Å². The molecule has 0 fully saturated rings. The van der Waals surface area contributed by atoms with Crippen molar-refractivity contribution in [2.75, 3.05) is 27.2 Å². The molecule has 106 valence electrons. The maximum atomic E-state index is 13.2. The number of hydrogen-bond acceptors (Lipinski definition) is 5. The molecular weight excluding hydrogens is 261 g/mol. The number of likely N-dealkylation sites (N-methyl/N-ethyl adjacent to an activating group) is 1. The Morgan fingerprint density at radius 3 is 2.95 bits per heavy atom. The van der Waals surface area contributed by atoms with E-state index in [2.05, 4.69) is 15.3 Å². The monoisotopic (exact) mass is 277 g/mol. The highest BCUT2D eigenvalue weighted by atomic mass is 19.1. The first-order valence-electron chi connectivity index (χ1n) is 6.22. The summed E-state index contributed by atoms with van der Waals surface area (Å²) >= 11 is 0. The minimum absolute atomic E-state index is 0.300. The lowest BCUT2D eigenvalue weighted by Crippen LogP contribution is -2.24. The summed E-state index contributed by atoms with van der Waals surface area (Å²) in [6.45, 7) is 1.51. The molecule has 1 aliphatic heterocycles. The molecule has 1 N–H and O–H groups in total. The van der Waals surface area contributed by atoms with Crippen LogP contribution in [-0.4, -0.2) is 43.8 Å². The summed E-state index contributed by atoms with van der Waals surface area (Å²) in [6.07, 6.45) is 1.56. The number of benzene rings is 1. The highest BCUT2D eigenvalue weighted by molar-refractivity contribution is 6.28. The molecule has 0 saturated carbocycles. The lowest BCUT2D eigenvalue weighted by Gasteiger charge is -2.09. The van der Waals surface area contributed by atoms with Crippen molar-refractivity contribution in [1.29, 1.82) is 0 Å². The zero-order valence-electron chi connectivity index (χ0n) is 11.4. The van der Waals surface area contributed by atoms with Crippen LogP contribution in [0.5, 0.6) is 0 Å². The van der Waals surface area contributed by atoms with Gasteiger partial charge in [-0.25, -0.2) is 9.18 Å². The average molecular weight is 277 g/mol. The lowest BCUT2D eigenvalue weighted by molar-refractivity contribution is -0.136. The van der Waals surface area contributed by atoms with Crippen molar-refractivity contribution in [2.24, 2.45) is 5.16 Å². The number of halogens is 1. The van der Waals surface area contributed by atoms with E-state index in [0.717, 1.165) is 6.54 Å². The lowest BCUT2D eigenvalue weighted by atomic mass is 10.0. The van der Waals surface area contributed by atoms with E-state index in [9.17, 15) is 9.18 Å². The summed E-state index contributed by atoms with van der Waals surface area (Å²) in [5, 5.41) is 6.73. The molecule has 2 rings (SSSR count). The van der Waals surface area contributed by atoms with Gasteiger partial charge in [-0.05, 0) is 26.2 Å². The quantitative estimate of drug-likeness (QED) is 0.498. The van der Waals surface area contributed by atoms with Gasteiger partial charge in [0.1, 0.15) is 17.1 Å². The first-order valence-corrected chi connectivity index (χ1v) is 6.22. The van der Waals surface area contributed by atoms with Crippen LogP contribution in [0.1, 0.15) is 5.56 Å². The normalized spacial score (nSPS) is 16.5. The molecule has 0 saturated heterocycles. The zero-order valence-corrected chi connectivity index (χ0v) is 11.4. The van der Waals surface area contributed by atoms with E-state index in [1.54, 1.807) is 18.3 Å². The van der Waals surface area contributed by atoms with Crippen molar-refractivity contribution in [2.45, 2.75) is 0 Å². The first kappa shape index (κ1) is 14.2. The molecule has 0 radical (unpaired) electrons. The Labute approximate surface area is 116 Å². The topological polar surface area (TPSA) is 53.9 Å². The molecule has 20 heavy (non-hydrogen) atoms. The van der Waals surface area contributed by atoms with Crippen LogP contribution in [0.3, 0.4) is 0 Å². The minimum Gasteiger partial charge on any atom is -0.389 e. The molecule has 0 bridgehead atoms. The molecule has 5 nitrogen and oxygen atoms in total. The number of carbonyl (C=O) groups is 1. The molecule has 0 aliphatic carbocycles. The predicted molar refractivity (Wildman–Crippen MR) is 73.7 cm³/mol. The Balaban J connectivity index is 2.12. The van der Waals surface area contributed by atoms with Crippen LogP contribution in [0.2, 0.25) is 0 Å². The maximum Gasteiger partial charge on any atom is 0.369 e.